The number of nitrogens with zero attached hydrogens (tertiary/aromatic N) is 3. The first-order valence-electron chi connectivity index (χ1n) is 12.0. The molecular formula is C25H39N4S+. The highest BCUT2D eigenvalue weighted by Crippen LogP contribution is 2.37. The molecule has 1 aromatic carbocycles. The van der Waals surface area contributed by atoms with Crippen LogP contribution >= 0.6 is 12.2 Å². The number of piperidine rings is 1. The Hall–Kier alpha value is -1.46. The van der Waals surface area contributed by atoms with Crippen molar-refractivity contribution in [3.63, 3.8) is 0 Å². The minimum Gasteiger partial charge on any atom is -0.316 e. The predicted molar refractivity (Wildman–Crippen MR) is 126 cm³/mol. The third kappa shape index (κ3) is 4.57. The average molecular weight is 428 g/mol. The van der Waals surface area contributed by atoms with Crippen molar-refractivity contribution in [2.24, 2.45) is 5.92 Å². The predicted octanol–water partition coefficient (Wildman–Crippen LogP) is 5.16. The molecule has 4 rings (SSSR count). The molecule has 164 valence electrons. The van der Waals surface area contributed by atoms with E-state index in [4.69, 9.17) is 17.3 Å². The molecule has 1 saturated heterocycles. The zero-order valence-corrected chi connectivity index (χ0v) is 20.1. The fraction of sp³-hybridized carbons (Fsp3) is 0.680. The van der Waals surface area contributed by atoms with E-state index in [0.717, 1.165) is 17.3 Å². The van der Waals surface area contributed by atoms with E-state index < -0.39 is 0 Å². The van der Waals surface area contributed by atoms with Gasteiger partial charge in [0.1, 0.15) is 0 Å². The molecule has 0 amide bonds. The molecule has 2 fully saturated rings. The number of rotatable bonds is 4. The van der Waals surface area contributed by atoms with Gasteiger partial charge < -0.3 is 4.90 Å². The van der Waals surface area contributed by atoms with E-state index in [0.29, 0.717) is 12.0 Å². The summed E-state index contributed by atoms with van der Waals surface area (Å²) in [5, 5.41) is 5.13. The average Bonchev–Trinajstić information content (AvgIpc) is 3.05. The van der Waals surface area contributed by atoms with Crippen LogP contribution < -0.4 is 4.90 Å². The minimum absolute atomic E-state index is 0.159. The van der Waals surface area contributed by atoms with E-state index in [1.807, 2.05) is 0 Å². The van der Waals surface area contributed by atoms with E-state index in [1.54, 1.807) is 4.90 Å². The third-order valence-corrected chi connectivity index (χ3v) is 7.62. The van der Waals surface area contributed by atoms with Gasteiger partial charge in [-0.05, 0) is 61.2 Å². The Morgan fingerprint density at radius 1 is 1.00 bits per heavy atom. The monoisotopic (exact) mass is 427 g/mol. The van der Waals surface area contributed by atoms with Crippen molar-refractivity contribution in [1.82, 2.24) is 14.3 Å². The first-order chi connectivity index (χ1) is 14.3. The summed E-state index contributed by atoms with van der Waals surface area (Å²) in [7, 11) is 0. The van der Waals surface area contributed by atoms with Crippen LogP contribution in [-0.4, -0.2) is 27.4 Å². The van der Waals surface area contributed by atoms with Crippen molar-refractivity contribution in [3.05, 3.63) is 34.6 Å². The molecule has 1 saturated carbocycles. The van der Waals surface area contributed by atoms with Gasteiger partial charge in [0.2, 0.25) is 4.77 Å². The van der Waals surface area contributed by atoms with E-state index in [-0.39, 0.29) is 5.41 Å². The van der Waals surface area contributed by atoms with Gasteiger partial charge in [-0.25, -0.2) is 0 Å². The summed E-state index contributed by atoms with van der Waals surface area (Å²) in [5.74, 6) is 1.72. The van der Waals surface area contributed by atoms with E-state index in [9.17, 15) is 0 Å². The highest BCUT2D eigenvalue weighted by atomic mass is 32.1. The third-order valence-electron chi connectivity index (χ3n) is 7.21. The van der Waals surface area contributed by atoms with Crippen LogP contribution in [0.4, 0.5) is 0 Å². The number of nitrogens with one attached hydrogen (secondary N) is 1. The molecule has 1 aromatic heterocycles. The maximum absolute atomic E-state index is 6.05. The van der Waals surface area contributed by atoms with Gasteiger partial charge in [-0.1, -0.05) is 64.8 Å². The van der Waals surface area contributed by atoms with Gasteiger partial charge in [-0.3, -0.25) is 4.57 Å². The summed E-state index contributed by atoms with van der Waals surface area (Å²) in [6.07, 6.45) is 9.15. The number of quaternary nitrogens is 1. The lowest BCUT2D eigenvalue weighted by atomic mass is 9.85. The molecule has 0 unspecified atom stereocenters. The lowest BCUT2D eigenvalue weighted by Crippen LogP contribution is -3.12. The molecule has 2 atom stereocenters. The smallest absolute Gasteiger partial charge is 0.203 e. The first-order valence-corrected chi connectivity index (χ1v) is 12.4. The maximum atomic E-state index is 6.05. The van der Waals surface area contributed by atoms with Gasteiger partial charge in [0.25, 0.3) is 0 Å². The second-order valence-corrected chi connectivity index (χ2v) is 11.0. The van der Waals surface area contributed by atoms with Gasteiger partial charge in [-0.15, -0.1) is 5.10 Å². The quantitative estimate of drug-likeness (QED) is 0.683. The Bertz CT molecular complexity index is 897. The first kappa shape index (κ1) is 21.8. The van der Waals surface area contributed by atoms with Gasteiger partial charge in [0.05, 0.1) is 13.1 Å². The van der Waals surface area contributed by atoms with Crippen LogP contribution in [0.3, 0.4) is 0 Å². The normalized spacial score (nSPS) is 23.6. The van der Waals surface area contributed by atoms with Crippen LogP contribution in [0, 0.1) is 10.7 Å². The molecule has 1 N–H and O–H groups in total. The molecule has 2 aromatic rings. The molecule has 4 nitrogen and oxygen atoms in total. The lowest BCUT2D eigenvalue weighted by Gasteiger charge is -2.30. The molecular weight excluding hydrogens is 388 g/mol. The van der Waals surface area contributed by atoms with E-state index in [1.165, 1.54) is 69.2 Å². The number of likely N-dealkylation sites (tertiary alicyclic amines) is 1. The van der Waals surface area contributed by atoms with Crippen molar-refractivity contribution in [3.8, 4) is 11.4 Å². The van der Waals surface area contributed by atoms with Crippen LogP contribution in [0.5, 0.6) is 0 Å². The largest absolute Gasteiger partial charge is 0.316 e. The summed E-state index contributed by atoms with van der Waals surface area (Å²) in [6, 6.07) is 9.50. The summed E-state index contributed by atoms with van der Waals surface area (Å²) in [6.45, 7) is 12.6. The maximum Gasteiger partial charge on any atom is 0.203 e. The number of benzene rings is 1. The van der Waals surface area contributed by atoms with Crippen molar-refractivity contribution in [2.45, 2.75) is 90.8 Å². The van der Waals surface area contributed by atoms with Crippen LogP contribution in [0.1, 0.15) is 84.2 Å². The van der Waals surface area contributed by atoms with Crippen molar-refractivity contribution in [2.75, 3.05) is 13.1 Å². The molecule has 1 aliphatic heterocycles. The summed E-state index contributed by atoms with van der Waals surface area (Å²) >= 11 is 6.05. The zero-order chi connectivity index (χ0) is 21.3. The van der Waals surface area contributed by atoms with Crippen molar-refractivity contribution in [1.29, 1.82) is 0 Å². The minimum atomic E-state index is 0.159. The van der Waals surface area contributed by atoms with Gasteiger partial charge in [0, 0.05) is 11.6 Å². The van der Waals surface area contributed by atoms with Crippen LogP contribution in [0.2, 0.25) is 0 Å². The molecule has 0 radical (unpaired) electrons. The molecule has 30 heavy (non-hydrogen) atoms. The van der Waals surface area contributed by atoms with Gasteiger partial charge in [0.15, 0.2) is 12.5 Å². The Labute approximate surface area is 187 Å². The zero-order valence-electron chi connectivity index (χ0n) is 19.3. The number of hydrogen-bond acceptors (Lipinski definition) is 2. The van der Waals surface area contributed by atoms with Crippen LogP contribution in [0.25, 0.3) is 11.4 Å². The second-order valence-electron chi connectivity index (χ2n) is 10.6. The summed E-state index contributed by atoms with van der Waals surface area (Å²) < 4.78 is 5.46. The van der Waals surface area contributed by atoms with E-state index >= 15 is 0 Å². The van der Waals surface area contributed by atoms with E-state index in [2.05, 4.69) is 61.2 Å². The summed E-state index contributed by atoms with van der Waals surface area (Å²) in [4.78, 5) is 1.62. The molecule has 2 aliphatic rings. The molecule has 0 spiro atoms. The second kappa shape index (κ2) is 8.96. The molecule has 2 heterocycles. The number of hydrogen-bond donors (Lipinski definition) is 1. The van der Waals surface area contributed by atoms with Crippen molar-refractivity contribution >= 4 is 12.2 Å². The highest BCUT2D eigenvalue weighted by Gasteiger charge is 2.28. The fourth-order valence-corrected chi connectivity index (χ4v) is 5.57. The van der Waals surface area contributed by atoms with Gasteiger partial charge in [-0.2, -0.15) is 4.68 Å². The van der Waals surface area contributed by atoms with Crippen LogP contribution in [0.15, 0.2) is 24.3 Å². The fourth-order valence-electron chi connectivity index (χ4n) is 5.24. The van der Waals surface area contributed by atoms with Crippen molar-refractivity contribution < 1.29 is 4.90 Å². The number of aromatic nitrogens is 3. The van der Waals surface area contributed by atoms with Crippen LogP contribution in [-0.2, 0) is 12.1 Å². The highest BCUT2D eigenvalue weighted by molar-refractivity contribution is 7.71. The molecule has 1 aliphatic carbocycles. The summed E-state index contributed by atoms with van der Waals surface area (Å²) in [5.41, 5.74) is 2.71. The standard InChI is InChI=1S/C25H38N4S/c1-19-10-6-7-11-22(19)29-23(20-12-14-21(15-13-20)25(2,3)4)26-28(24(29)30)18-27-16-8-5-9-17-27/h12-15,19,22H,5-11,16-18H2,1-4H3/p+1/t19-,22+/m0/s1. The Kier molecular flexibility index (Phi) is 6.50. The molecule has 5 heteroatoms. The lowest BCUT2D eigenvalue weighted by molar-refractivity contribution is -0.928. The Balaban J connectivity index is 1.73. The Morgan fingerprint density at radius 3 is 2.30 bits per heavy atom. The molecule has 0 bridgehead atoms. The SMILES string of the molecule is C[C@H]1CCCC[C@H]1n1c(-c2ccc(C(C)(C)C)cc2)nn(C[NH+]2CCCCC2)c1=S. The topological polar surface area (TPSA) is 27.2 Å². The Morgan fingerprint density at radius 2 is 1.67 bits per heavy atom. The van der Waals surface area contributed by atoms with Gasteiger partial charge >= 0.3 is 0 Å².